The number of imide groups is 2. The number of hydrogen-bond acceptors (Lipinski definition) is 7. The Kier molecular flexibility index (Phi) is 5.21. The van der Waals surface area contributed by atoms with E-state index in [0.717, 1.165) is 4.90 Å². The summed E-state index contributed by atoms with van der Waals surface area (Å²) in [7, 11) is 0. The lowest BCUT2D eigenvalue weighted by atomic mass is 10.4. The number of likely N-dealkylation sites (tertiary alicyclic amines) is 1. The molecule has 2 heterocycles. The number of hydroxylamine groups is 2. The Bertz CT molecular complexity index is 485. The van der Waals surface area contributed by atoms with Crippen LogP contribution in [0.1, 0.15) is 32.1 Å². The van der Waals surface area contributed by atoms with Crippen LogP contribution in [0.15, 0.2) is 0 Å². The van der Waals surface area contributed by atoms with Crippen LogP contribution in [0.5, 0.6) is 0 Å². The lowest BCUT2D eigenvalue weighted by molar-refractivity contribution is -0.198. The summed E-state index contributed by atoms with van der Waals surface area (Å²) in [6.45, 7) is 0.271. The van der Waals surface area contributed by atoms with Gasteiger partial charge in [0.2, 0.25) is 11.8 Å². The van der Waals surface area contributed by atoms with Gasteiger partial charge >= 0.3 is 5.97 Å². The molecular formula is C13H16N2O7. The van der Waals surface area contributed by atoms with Crippen molar-refractivity contribution in [1.29, 1.82) is 0 Å². The highest BCUT2D eigenvalue weighted by molar-refractivity contribution is 6.02. The third kappa shape index (κ3) is 3.88. The average Bonchev–Trinajstić information content (AvgIpc) is 2.96. The van der Waals surface area contributed by atoms with Gasteiger partial charge in [-0.1, -0.05) is 0 Å². The molecule has 2 rings (SSSR count). The van der Waals surface area contributed by atoms with Crippen LogP contribution in [-0.4, -0.2) is 59.3 Å². The van der Waals surface area contributed by atoms with Crippen molar-refractivity contribution >= 4 is 29.6 Å². The normalized spacial score (nSPS) is 18.5. The van der Waals surface area contributed by atoms with E-state index in [9.17, 15) is 24.0 Å². The minimum atomic E-state index is -0.753. The predicted octanol–water partition coefficient (Wildman–Crippen LogP) is -0.851. The first-order valence-electron chi connectivity index (χ1n) is 6.96. The number of carbonyl (C=O) groups excluding carboxylic acids is 5. The molecule has 0 radical (unpaired) electrons. The molecule has 9 heteroatoms. The van der Waals surface area contributed by atoms with E-state index in [-0.39, 0.29) is 63.7 Å². The summed E-state index contributed by atoms with van der Waals surface area (Å²) in [5, 5.41) is 0.476. The number of amides is 4. The van der Waals surface area contributed by atoms with Crippen LogP contribution in [0.4, 0.5) is 0 Å². The van der Waals surface area contributed by atoms with E-state index in [1.807, 2.05) is 0 Å². The molecule has 0 aromatic rings. The molecule has 0 saturated carbocycles. The zero-order valence-electron chi connectivity index (χ0n) is 11.9. The number of rotatable bonds is 7. The molecule has 0 spiro atoms. The maximum atomic E-state index is 11.4. The highest BCUT2D eigenvalue weighted by atomic mass is 16.7. The van der Waals surface area contributed by atoms with Crippen LogP contribution in [0.25, 0.3) is 0 Å². The molecule has 4 amide bonds. The molecule has 9 nitrogen and oxygen atoms in total. The molecule has 0 N–H and O–H groups in total. The van der Waals surface area contributed by atoms with Gasteiger partial charge in [-0.25, -0.2) is 4.79 Å². The van der Waals surface area contributed by atoms with E-state index in [2.05, 4.69) is 4.84 Å². The first kappa shape index (κ1) is 16.1. The predicted molar refractivity (Wildman–Crippen MR) is 68.6 cm³/mol. The Morgan fingerprint density at radius 1 is 0.864 bits per heavy atom. The van der Waals surface area contributed by atoms with Crippen LogP contribution in [-0.2, 0) is 33.5 Å². The molecule has 0 aliphatic carbocycles. The summed E-state index contributed by atoms with van der Waals surface area (Å²) in [4.78, 5) is 62.3. The van der Waals surface area contributed by atoms with Crippen molar-refractivity contribution in [1.82, 2.24) is 9.96 Å². The van der Waals surface area contributed by atoms with Crippen LogP contribution in [0.2, 0.25) is 0 Å². The largest absolute Gasteiger partial charge is 0.379 e. The van der Waals surface area contributed by atoms with Crippen LogP contribution >= 0.6 is 0 Å². The Hall–Kier alpha value is -2.29. The minimum absolute atomic E-state index is 0.00523. The number of carbonyl (C=O) groups is 5. The molecular weight excluding hydrogens is 296 g/mol. The van der Waals surface area contributed by atoms with Crippen molar-refractivity contribution in [2.45, 2.75) is 32.1 Å². The van der Waals surface area contributed by atoms with E-state index in [1.54, 1.807) is 0 Å². The summed E-state index contributed by atoms with van der Waals surface area (Å²) in [5.41, 5.74) is 0. The molecule has 120 valence electrons. The Morgan fingerprint density at radius 3 is 2.00 bits per heavy atom. The van der Waals surface area contributed by atoms with E-state index < -0.39 is 17.8 Å². The lowest BCUT2D eigenvalue weighted by Crippen LogP contribution is -2.33. The number of nitrogens with zero attached hydrogens (tertiary/aromatic N) is 2. The molecule has 0 aromatic carbocycles. The summed E-state index contributed by atoms with van der Waals surface area (Å²) >= 11 is 0. The van der Waals surface area contributed by atoms with E-state index in [1.165, 1.54) is 0 Å². The molecule has 0 unspecified atom stereocenters. The summed E-state index contributed by atoms with van der Waals surface area (Å²) in [6.07, 6.45) is 0.395. The van der Waals surface area contributed by atoms with Gasteiger partial charge in [-0.3, -0.25) is 24.1 Å². The monoisotopic (exact) mass is 312 g/mol. The summed E-state index contributed by atoms with van der Waals surface area (Å²) in [5.74, 6) is -2.27. The van der Waals surface area contributed by atoms with Gasteiger partial charge in [0.25, 0.3) is 11.8 Å². The Labute approximate surface area is 126 Å². The smallest absolute Gasteiger partial charge is 0.335 e. The third-order valence-electron chi connectivity index (χ3n) is 3.26. The quantitative estimate of drug-likeness (QED) is 0.445. The molecule has 2 saturated heterocycles. The molecule has 0 bridgehead atoms. The second-order valence-corrected chi connectivity index (χ2v) is 4.85. The summed E-state index contributed by atoms with van der Waals surface area (Å²) < 4.78 is 5.15. The molecule has 0 aromatic heterocycles. The highest BCUT2D eigenvalue weighted by Crippen LogP contribution is 2.13. The number of ether oxygens (including phenoxy) is 1. The fraction of sp³-hybridized carbons (Fsp3) is 0.615. The van der Waals surface area contributed by atoms with Gasteiger partial charge in [-0.15, -0.1) is 5.06 Å². The van der Waals surface area contributed by atoms with Crippen molar-refractivity contribution < 1.29 is 33.5 Å². The van der Waals surface area contributed by atoms with Gasteiger partial charge < -0.3 is 9.57 Å². The van der Waals surface area contributed by atoms with E-state index in [0.29, 0.717) is 5.06 Å². The lowest BCUT2D eigenvalue weighted by Gasteiger charge is -2.14. The van der Waals surface area contributed by atoms with Gasteiger partial charge in [0.1, 0.15) is 0 Å². The fourth-order valence-electron chi connectivity index (χ4n) is 2.09. The second-order valence-electron chi connectivity index (χ2n) is 4.85. The SMILES string of the molecule is O=C(CCOCCN1C(=O)CCC1=O)ON1C(=O)CCC1=O. The molecule has 2 aliphatic heterocycles. The molecule has 22 heavy (non-hydrogen) atoms. The zero-order chi connectivity index (χ0) is 16.1. The van der Waals surface area contributed by atoms with Gasteiger partial charge in [0.05, 0.1) is 26.2 Å². The van der Waals surface area contributed by atoms with Gasteiger partial charge in [-0.2, -0.15) is 0 Å². The van der Waals surface area contributed by atoms with Crippen molar-refractivity contribution in [3.63, 3.8) is 0 Å². The van der Waals surface area contributed by atoms with Crippen molar-refractivity contribution in [2.24, 2.45) is 0 Å². The minimum Gasteiger partial charge on any atom is -0.379 e. The van der Waals surface area contributed by atoms with Crippen molar-refractivity contribution in [3.8, 4) is 0 Å². The highest BCUT2D eigenvalue weighted by Gasteiger charge is 2.32. The van der Waals surface area contributed by atoms with Crippen LogP contribution in [0, 0.1) is 0 Å². The van der Waals surface area contributed by atoms with E-state index >= 15 is 0 Å². The first-order chi connectivity index (χ1) is 10.5. The second kappa shape index (κ2) is 7.12. The maximum absolute atomic E-state index is 11.4. The topological polar surface area (TPSA) is 110 Å². The van der Waals surface area contributed by atoms with Crippen molar-refractivity contribution in [3.05, 3.63) is 0 Å². The zero-order valence-corrected chi connectivity index (χ0v) is 11.9. The fourth-order valence-corrected chi connectivity index (χ4v) is 2.09. The van der Waals surface area contributed by atoms with E-state index in [4.69, 9.17) is 4.74 Å². The third-order valence-corrected chi connectivity index (χ3v) is 3.26. The van der Waals surface area contributed by atoms with Crippen molar-refractivity contribution in [2.75, 3.05) is 19.8 Å². The molecule has 2 aliphatic rings. The van der Waals surface area contributed by atoms with Gasteiger partial charge in [-0.05, 0) is 0 Å². The standard InChI is InChI=1S/C13H16N2O7/c16-9-1-2-10(17)14(9)6-8-21-7-5-13(20)22-15-11(18)3-4-12(15)19/h1-8H2. The van der Waals surface area contributed by atoms with Crippen LogP contribution in [0.3, 0.4) is 0 Å². The maximum Gasteiger partial charge on any atom is 0.335 e. The summed E-state index contributed by atoms with van der Waals surface area (Å²) in [6, 6.07) is 0. The molecule has 2 fully saturated rings. The first-order valence-corrected chi connectivity index (χ1v) is 6.96. The average molecular weight is 312 g/mol. The van der Waals surface area contributed by atoms with Gasteiger partial charge in [0.15, 0.2) is 0 Å². The Morgan fingerprint density at radius 2 is 1.41 bits per heavy atom. The van der Waals surface area contributed by atoms with Gasteiger partial charge in [0, 0.05) is 25.7 Å². The van der Waals surface area contributed by atoms with Crippen LogP contribution < -0.4 is 0 Å². The Balaban J connectivity index is 1.59. The number of hydrogen-bond donors (Lipinski definition) is 0. The molecule has 0 atom stereocenters.